The van der Waals surface area contributed by atoms with Crippen molar-refractivity contribution in [3.05, 3.63) is 11.6 Å². The summed E-state index contributed by atoms with van der Waals surface area (Å²) in [6.07, 6.45) is 6.32. The highest BCUT2D eigenvalue weighted by Gasteiger charge is 2.51. The van der Waals surface area contributed by atoms with E-state index in [1.165, 1.54) is 6.42 Å². The number of rotatable bonds is 2. The number of nitrogens with one attached hydrogen (secondary N) is 1. The molecule has 2 saturated heterocycles. The van der Waals surface area contributed by atoms with E-state index in [0.717, 1.165) is 24.8 Å². The molecule has 3 rings (SSSR count). The van der Waals surface area contributed by atoms with E-state index < -0.39 is 0 Å². The van der Waals surface area contributed by atoms with Gasteiger partial charge in [-0.05, 0) is 32.7 Å². The minimum Gasteiger partial charge on any atom is -0.368 e. The molecule has 6 heteroatoms. The fourth-order valence-electron chi connectivity index (χ4n) is 3.66. The number of carbonyl (C=O) groups is 2. The molecule has 0 radical (unpaired) electrons. The summed E-state index contributed by atoms with van der Waals surface area (Å²) in [6, 6.07) is -0.235. The molecule has 0 bridgehead atoms. The number of hydrogen-bond acceptors (Lipinski definition) is 4. The van der Waals surface area contributed by atoms with E-state index in [-0.39, 0.29) is 23.5 Å². The van der Waals surface area contributed by atoms with Crippen LogP contribution in [-0.4, -0.2) is 73.6 Å². The summed E-state index contributed by atoms with van der Waals surface area (Å²) in [6.45, 7) is 2.34. The molecular formula is C16H25N3O3. The molecule has 2 aliphatic heterocycles. The number of nitrogens with zero attached hydrogens (tertiary/aromatic N) is 2. The van der Waals surface area contributed by atoms with E-state index in [4.69, 9.17) is 4.74 Å². The lowest BCUT2D eigenvalue weighted by Crippen LogP contribution is -2.73. The molecule has 2 amide bonds. The average Bonchev–Trinajstić information content (AvgIpc) is 2.52. The lowest BCUT2D eigenvalue weighted by atomic mass is 9.88. The molecule has 0 saturated carbocycles. The topological polar surface area (TPSA) is 61.9 Å². The maximum Gasteiger partial charge on any atom is 0.249 e. The van der Waals surface area contributed by atoms with E-state index in [9.17, 15) is 9.59 Å². The van der Waals surface area contributed by atoms with Crippen molar-refractivity contribution in [2.24, 2.45) is 0 Å². The molecule has 6 nitrogen and oxygen atoms in total. The van der Waals surface area contributed by atoms with Gasteiger partial charge in [0.05, 0.1) is 19.7 Å². The Bertz CT molecular complexity index is 497. The van der Waals surface area contributed by atoms with Gasteiger partial charge in [-0.3, -0.25) is 14.5 Å². The second-order valence-corrected chi connectivity index (χ2v) is 6.68. The molecular weight excluding hydrogens is 282 g/mol. The van der Waals surface area contributed by atoms with Crippen molar-refractivity contribution >= 4 is 11.8 Å². The molecule has 22 heavy (non-hydrogen) atoms. The van der Waals surface area contributed by atoms with Gasteiger partial charge in [-0.25, -0.2) is 0 Å². The van der Waals surface area contributed by atoms with Crippen molar-refractivity contribution in [3.63, 3.8) is 0 Å². The lowest BCUT2D eigenvalue weighted by molar-refractivity contribution is -0.199. The molecule has 0 aromatic heterocycles. The van der Waals surface area contributed by atoms with Crippen LogP contribution >= 0.6 is 0 Å². The molecule has 0 aromatic carbocycles. The van der Waals surface area contributed by atoms with Gasteiger partial charge in [-0.15, -0.1) is 0 Å². The number of hydrogen-bond donors (Lipinski definition) is 1. The van der Waals surface area contributed by atoms with Crippen LogP contribution in [0, 0.1) is 0 Å². The molecule has 0 aromatic rings. The largest absolute Gasteiger partial charge is 0.368 e. The highest BCUT2D eigenvalue weighted by atomic mass is 16.5. The van der Waals surface area contributed by atoms with Crippen LogP contribution in [0.1, 0.15) is 25.7 Å². The van der Waals surface area contributed by atoms with Gasteiger partial charge in [0.1, 0.15) is 11.6 Å². The molecule has 1 aliphatic carbocycles. The van der Waals surface area contributed by atoms with Gasteiger partial charge in [0.15, 0.2) is 0 Å². The summed E-state index contributed by atoms with van der Waals surface area (Å²) in [5, 5.41) is 2.67. The van der Waals surface area contributed by atoms with E-state index in [1.54, 1.807) is 7.05 Å². The summed E-state index contributed by atoms with van der Waals surface area (Å²) in [5.41, 5.74) is 0.679. The average molecular weight is 307 g/mol. The fraction of sp³-hybridized carbons (Fsp3) is 0.750. The van der Waals surface area contributed by atoms with E-state index in [0.29, 0.717) is 26.2 Å². The highest BCUT2D eigenvalue weighted by Crippen LogP contribution is 2.32. The Morgan fingerprint density at radius 2 is 2.09 bits per heavy atom. The Kier molecular flexibility index (Phi) is 4.23. The van der Waals surface area contributed by atoms with Crippen molar-refractivity contribution in [3.8, 4) is 0 Å². The van der Waals surface area contributed by atoms with Crippen LogP contribution in [0.4, 0.5) is 0 Å². The predicted molar refractivity (Wildman–Crippen MR) is 82.3 cm³/mol. The Labute approximate surface area is 131 Å². The van der Waals surface area contributed by atoms with Gasteiger partial charge < -0.3 is 15.0 Å². The number of ether oxygens (including phenoxy) is 1. The SMILES string of the molecule is CNC(=O)[C@H]1COC2(CN(C(=O)C3=CCCCC3)C2)CN1C. The van der Waals surface area contributed by atoms with Crippen molar-refractivity contribution < 1.29 is 14.3 Å². The number of allylic oxidation sites excluding steroid dienone is 1. The molecule has 1 N–H and O–H groups in total. The smallest absolute Gasteiger partial charge is 0.249 e. The van der Waals surface area contributed by atoms with Crippen LogP contribution in [-0.2, 0) is 14.3 Å². The van der Waals surface area contributed by atoms with E-state index in [1.807, 2.05) is 16.8 Å². The zero-order valence-corrected chi connectivity index (χ0v) is 13.4. The van der Waals surface area contributed by atoms with Crippen LogP contribution in [0.2, 0.25) is 0 Å². The van der Waals surface area contributed by atoms with Crippen LogP contribution in [0.3, 0.4) is 0 Å². The minimum absolute atomic E-state index is 0.0167. The molecule has 2 fully saturated rings. The van der Waals surface area contributed by atoms with Gasteiger partial charge in [-0.1, -0.05) is 6.08 Å². The minimum atomic E-state index is -0.288. The van der Waals surface area contributed by atoms with Crippen molar-refractivity contribution in [2.75, 3.05) is 40.3 Å². The Balaban J connectivity index is 1.55. The van der Waals surface area contributed by atoms with Gasteiger partial charge >= 0.3 is 0 Å². The lowest BCUT2D eigenvalue weighted by Gasteiger charge is -2.54. The van der Waals surface area contributed by atoms with Gasteiger partial charge in [-0.2, -0.15) is 0 Å². The van der Waals surface area contributed by atoms with Crippen LogP contribution in [0.25, 0.3) is 0 Å². The molecule has 2 heterocycles. The number of likely N-dealkylation sites (tertiary alicyclic amines) is 1. The normalized spacial score (nSPS) is 28.0. The number of likely N-dealkylation sites (N-methyl/N-ethyl adjacent to an activating group) is 2. The van der Waals surface area contributed by atoms with Crippen LogP contribution < -0.4 is 5.32 Å². The van der Waals surface area contributed by atoms with Gasteiger partial charge in [0.2, 0.25) is 11.8 Å². The van der Waals surface area contributed by atoms with Gasteiger partial charge in [0.25, 0.3) is 0 Å². The van der Waals surface area contributed by atoms with E-state index in [2.05, 4.69) is 11.4 Å². The first kappa shape index (κ1) is 15.5. The molecule has 1 atom stereocenters. The van der Waals surface area contributed by atoms with Crippen molar-refractivity contribution in [2.45, 2.75) is 37.3 Å². The first-order valence-electron chi connectivity index (χ1n) is 8.09. The second kappa shape index (κ2) is 6.01. The van der Waals surface area contributed by atoms with Crippen molar-refractivity contribution in [1.29, 1.82) is 0 Å². The van der Waals surface area contributed by atoms with Crippen LogP contribution in [0.5, 0.6) is 0 Å². The summed E-state index contributed by atoms with van der Waals surface area (Å²) >= 11 is 0. The molecule has 1 spiro atoms. The maximum atomic E-state index is 12.4. The summed E-state index contributed by atoms with van der Waals surface area (Å²) in [5.74, 6) is 0.155. The van der Waals surface area contributed by atoms with Gasteiger partial charge in [0, 0.05) is 19.2 Å². The highest BCUT2D eigenvalue weighted by molar-refractivity contribution is 5.94. The molecule has 3 aliphatic rings. The number of morpholine rings is 1. The predicted octanol–water partition coefficient (Wildman–Crippen LogP) is 0.144. The third-order valence-corrected chi connectivity index (χ3v) is 4.98. The quantitative estimate of drug-likeness (QED) is 0.788. The molecule has 122 valence electrons. The standard InChI is InChI=1S/C16H25N3O3/c1-17-14(20)13-8-22-16(9-18(13)2)10-19(11-16)15(21)12-6-4-3-5-7-12/h6,13H,3-5,7-11H2,1-2H3,(H,17,20)/t13-/m1/s1. The summed E-state index contributed by atoms with van der Waals surface area (Å²) < 4.78 is 5.96. The first-order valence-corrected chi connectivity index (χ1v) is 8.09. The van der Waals surface area contributed by atoms with Crippen molar-refractivity contribution in [1.82, 2.24) is 15.1 Å². The van der Waals surface area contributed by atoms with Crippen LogP contribution in [0.15, 0.2) is 11.6 Å². The molecule has 0 unspecified atom stereocenters. The monoisotopic (exact) mass is 307 g/mol. The summed E-state index contributed by atoms with van der Waals surface area (Å²) in [7, 11) is 3.58. The number of carbonyl (C=O) groups excluding carboxylic acids is 2. The Morgan fingerprint density at radius 1 is 1.32 bits per heavy atom. The maximum absolute atomic E-state index is 12.4. The third kappa shape index (κ3) is 2.77. The zero-order valence-electron chi connectivity index (χ0n) is 13.4. The second-order valence-electron chi connectivity index (χ2n) is 6.68. The van der Waals surface area contributed by atoms with E-state index >= 15 is 0 Å². The third-order valence-electron chi connectivity index (χ3n) is 4.98. The first-order chi connectivity index (χ1) is 10.5. The fourth-order valence-corrected chi connectivity index (χ4v) is 3.66. The Morgan fingerprint density at radius 3 is 2.68 bits per heavy atom. The zero-order chi connectivity index (χ0) is 15.7. The summed E-state index contributed by atoms with van der Waals surface area (Å²) in [4.78, 5) is 28.1. The Hall–Kier alpha value is -1.40. The number of amides is 2.